The van der Waals surface area contributed by atoms with Crippen LogP contribution in [0.15, 0.2) is 47.4 Å². The van der Waals surface area contributed by atoms with Gasteiger partial charge in [0.25, 0.3) is 0 Å². The minimum Gasteiger partial charge on any atom is -0.478 e. The van der Waals surface area contributed by atoms with Crippen molar-refractivity contribution in [1.29, 1.82) is 0 Å². The summed E-state index contributed by atoms with van der Waals surface area (Å²) in [6.45, 7) is 0. The molecule has 0 radical (unpaired) electrons. The zero-order valence-electron chi connectivity index (χ0n) is 10.2. The summed E-state index contributed by atoms with van der Waals surface area (Å²) >= 11 is 12.1. The fraction of sp³-hybridized carbons (Fsp3) is 0.0714. The Morgan fingerprint density at radius 2 is 1.65 bits per heavy atom. The van der Waals surface area contributed by atoms with Gasteiger partial charge in [-0.05, 0) is 24.3 Å². The molecule has 6 heteroatoms. The topological polar surface area (TPSA) is 54.4 Å². The zero-order chi connectivity index (χ0) is 14.7. The molecule has 2 aromatic carbocycles. The van der Waals surface area contributed by atoms with Crippen molar-refractivity contribution >= 4 is 40.0 Å². The summed E-state index contributed by atoms with van der Waals surface area (Å²) in [6.07, 6.45) is 0. The number of carboxylic acid groups (broad SMARTS) is 1. The second kappa shape index (κ2) is 6.39. The van der Waals surface area contributed by atoms with Gasteiger partial charge in [0.15, 0.2) is 0 Å². The molecule has 3 nitrogen and oxygen atoms in total. The number of carbonyl (C=O) groups is 1. The Morgan fingerprint density at radius 3 is 2.25 bits per heavy atom. The van der Waals surface area contributed by atoms with E-state index in [-0.39, 0.29) is 16.2 Å². The Hall–Kier alpha value is -1.36. The van der Waals surface area contributed by atoms with Crippen LogP contribution in [-0.2, 0) is 16.6 Å². The van der Waals surface area contributed by atoms with E-state index in [1.165, 1.54) is 12.1 Å². The van der Waals surface area contributed by atoms with E-state index in [0.717, 1.165) is 0 Å². The Balaban J connectivity index is 2.36. The lowest BCUT2D eigenvalue weighted by Gasteiger charge is -2.09. The molecule has 0 aliphatic rings. The maximum absolute atomic E-state index is 12.4. The van der Waals surface area contributed by atoms with Crippen LogP contribution in [0.4, 0.5) is 0 Å². The van der Waals surface area contributed by atoms with Gasteiger partial charge < -0.3 is 5.11 Å². The highest BCUT2D eigenvalue weighted by molar-refractivity contribution is 7.84. The fourth-order valence-electron chi connectivity index (χ4n) is 1.72. The predicted molar refractivity (Wildman–Crippen MR) is 80.0 cm³/mol. The summed E-state index contributed by atoms with van der Waals surface area (Å²) in [5.74, 6) is -1.04. The van der Waals surface area contributed by atoms with E-state index in [1.54, 1.807) is 30.3 Å². The van der Waals surface area contributed by atoms with Gasteiger partial charge in [-0.2, -0.15) is 0 Å². The molecule has 0 fully saturated rings. The molecule has 0 aliphatic heterocycles. The maximum atomic E-state index is 12.4. The molecule has 0 aliphatic carbocycles. The average Bonchev–Trinajstić information content (AvgIpc) is 2.43. The Kier molecular flexibility index (Phi) is 4.81. The number of carboxylic acids is 1. The van der Waals surface area contributed by atoms with Gasteiger partial charge in [0.1, 0.15) is 0 Å². The highest BCUT2D eigenvalue weighted by Crippen LogP contribution is 2.27. The average molecular weight is 329 g/mol. The number of hydrogen-bond donors (Lipinski definition) is 1. The maximum Gasteiger partial charge on any atom is 0.336 e. The first-order valence-electron chi connectivity index (χ1n) is 5.64. The molecule has 2 rings (SSSR count). The lowest BCUT2D eigenvalue weighted by Crippen LogP contribution is -2.06. The van der Waals surface area contributed by atoms with Gasteiger partial charge in [-0.15, -0.1) is 0 Å². The number of rotatable bonds is 4. The SMILES string of the molecule is O=C(O)c1ccccc1S(=O)Cc1c(Cl)cccc1Cl. The van der Waals surface area contributed by atoms with Crippen molar-refractivity contribution in [3.63, 3.8) is 0 Å². The molecule has 0 heterocycles. The summed E-state index contributed by atoms with van der Waals surface area (Å²) in [6, 6.07) is 11.2. The quantitative estimate of drug-likeness (QED) is 0.922. The molecule has 1 N–H and O–H groups in total. The predicted octanol–water partition coefficient (Wildman–Crippen LogP) is 4.00. The van der Waals surface area contributed by atoms with E-state index in [2.05, 4.69) is 0 Å². The molecule has 1 atom stereocenters. The van der Waals surface area contributed by atoms with Crippen molar-refractivity contribution in [2.75, 3.05) is 0 Å². The summed E-state index contributed by atoms with van der Waals surface area (Å²) in [4.78, 5) is 11.4. The zero-order valence-corrected chi connectivity index (χ0v) is 12.5. The highest BCUT2D eigenvalue weighted by Gasteiger charge is 2.17. The third kappa shape index (κ3) is 3.20. The van der Waals surface area contributed by atoms with Gasteiger partial charge in [0, 0.05) is 15.6 Å². The van der Waals surface area contributed by atoms with Crippen LogP contribution in [0.1, 0.15) is 15.9 Å². The molecule has 0 amide bonds. The van der Waals surface area contributed by atoms with Crippen LogP contribution in [-0.4, -0.2) is 15.3 Å². The van der Waals surface area contributed by atoms with E-state index in [9.17, 15) is 9.00 Å². The van der Waals surface area contributed by atoms with Crippen molar-refractivity contribution in [3.8, 4) is 0 Å². The van der Waals surface area contributed by atoms with Crippen molar-refractivity contribution < 1.29 is 14.1 Å². The first-order valence-corrected chi connectivity index (χ1v) is 7.71. The van der Waals surface area contributed by atoms with Crippen LogP contribution in [0.3, 0.4) is 0 Å². The lowest BCUT2D eigenvalue weighted by atomic mass is 10.2. The van der Waals surface area contributed by atoms with E-state index in [4.69, 9.17) is 28.3 Å². The minimum absolute atomic E-state index is 0.0222. The van der Waals surface area contributed by atoms with Crippen LogP contribution in [0.2, 0.25) is 10.0 Å². The van der Waals surface area contributed by atoms with Gasteiger partial charge in [0.05, 0.1) is 27.0 Å². The molecule has 0 aromatic heterocycles. The Bertz CT molecular complexity index is 666. The van der Waals surface area contributed by atoms with Crippen LogP contribution in [0.5, 0.6) is 0 Å². The summed E-state index contributed by atoms with van der Waals surface area (Å²) in [7, 11) is -1.54. The first-order chi connectivity index (χ1) is 9.50. The third-order valence-corrected chi connectivity index (χ3v) is 4.81. The Labute approximate surface area is 128 Å². The summed E-state index contributed by atoms with van der Waals surface area (Å²) in [5, 5.41) is 9.93. The van der Waals surface area contributed by atoms with Crippen LogP contribution >= 0.6 is 23.2 Å². The number of aromatic carboxylic acids is 1. The van der Waals surface area contributed by atoms with Gasteiger partial charge in [-0.1, -0.05) is 41.4 Å². The largest absolute Gasteiger partial charge is 0.478 e. The van der Waals surface area contributed by atoms with Crippen LogP contribution in [0.25, 0.3) is 0 Å². The van der Waals surface area contributed by atoms with E-state index in [1.807, 2.05) is 0 Å². The molecule has 0 saturated carbocycles. The van der Waals surface area contributed by atoms with E-state index in [0.29, 0.717) is 15.6 Å². The smallest absolute Gasteiger partial charge is 0.336 e. The molecular formula is C14H10Cl2O3S. The summed E-state index contributed by atoms with van der Waals surface area (Å²) in [5.41, 5.74) is 0.573. The van der Waals surface area contributed by atoms with Gasteiger partial charge in [0.2, 0.25) is 0 Å². The second-order valence-electron chi connectivity index (χ2n) is 3.99. The molecule has 0 bridgehead atoms. The second-order valence-corrected chi connectivity index (χ2v) is 6.23. The van der Waals surface area contributed by atoms with Gasteiger partial charge in [-0.25, -0.2) is 4.79 Å². The molecule has 20 heavy (non-hydrogen) atoms. The lowest BCUT2D eigenvalue weighted by molar-refractivity contribution is 0.0693. The van der Waals surface area contributed by atoms with Crippen molar-refractivity contribution in [3.05, 3.63) is 63.6 Å². The third-order valence-electron chi connectivity index (χ3n) is 2.70. The molecule has 1 unspecified atom stereocenters. The molecule has 0 spiro atoms. The van der Waals surface area contributed by atoms with Crippen molar-refractivity contribution in [2.45, 2.75) is 10.6 Å². The van der Waals surface area contributed by atoms with Crippen molar-refractivity contribution in [1.82, 2.24) is 0 Å². The van der Waals surface area contributed by atoms with Crippen LogP contribution in [0, 0.1) is 0 Å². The minimum atomic E-state index is -1.54. The molecule has 0 saturated heterocycles. The summed E-state index contributed by atoms with van der Waals surface area (Å²) < 4.78 is 12.4. The van der Waals surface area contributed by atoms with E-state index < -0.39 is 16.8 Å². The first kappa shape index (κ1) is 15.0. The number of halogens is 2. The van der Waals surface area contributed by atoms with Crippen LogP contribution < -0.4 is 0 Å². The molecule has 104 valence electrons. The standard InChI is InChI=1S/C14H10Cl2O3S/c15-11-5-3-6-12(16)10(11)8-20(19)13-7-2-1-4-9(13)14(17)18/h1-7H,8H2,(H,17,18). The normalized spacial score (nSPS) is 12.1. The van der Waals surface area contributed by atoms with E-state index >= 15 is 0 Å². The monoisotopic (exact) mass is 328 g/mol. The number of benzene rings is 2. The molecular weight excluding hydrogens is 319 g/mol. The Morgan fingerprint density at radius 1 is 1.05 bits per heavy atom. The highest BCUT2D eigenvalue weighted by atomic mass is 35.5. The van der Waals surface area contributed by atoms with Gasteiger partial charge in [-0.3, -0.25) is 4.21 Å². The van der Waals surface area contributed by atoms with Gasteiger partial charge >= 0.3 is 5.97 Å². The fourth-order valence-corrected chi connectivity index (χ4v) is 3.77. The van der Waals surface area contributed by atoms with Crippen molar-refractivity contribution in [2.24, 2.45) is 0 Å². The number of hydrogen-bond acceptors (Lipinski definition) is 2. The molecule has 2 aromatic rings.